The average molecular weight is 1680 g/mol. The topological polar surface area (TPSA) is 702 Å². The third kappa shape index (κ3) is 35.0. The number of hydrogen-bond donors (Lipinski definition) is 22. The maximum atomic E-state index is 14.9. The van der Waals surface area contributed by atoms with Gasteiger partial charge in [-0.05, 0) is 75.3 Å². The Bertz CT molecular complexity index is 4140. The van der Waals surface area contributed by atoms with Gasteiger partial charge in [0.15, 0.2) is 5.78 Å². The van der Waals surface area contributed by atoms with Crippen molar-refractivity contribution in [2.75, 3.05) is 32.0 Å². The molecule has 654 valence electrons. The number of aliphatic hydroxyl groups is 1. The summed E-state index contributed by atoms with van der Waals surface area (Å²) in [5.41, 5.74) is 18.1. The SMILES string of the molecule is CC(C)CCCCCCCCCCC(=O)N[C@@H](Cc1c[nH]c2ccccc12)C(=O)N[C@@H](CC(N)=O)C(=O)N[C@@H](CC(=O)O)C(=O)N[C@@H]1C(=O)NCC(=O)N[C@@H](CCCN)C(=O)N[C@H](CC(=O)O)C(=O)N[C@H](C)C(=O)N[C@@H](CC(=O)O)C(=O)NCC(=O)N[C@H](CO)C(=O)N[C@@H]([C@@H](C)CC(=O)O)C(=O)N[C@@H](CC(=O)c2ccccc2N)C(=O)O[C@@H]1C. The number of primary amides is 1. The zero-order chi connectivity index (χ0) is 88.8. The molecule has 0 bridgehead atoms. The fraction of sp³-hybridized carbons (Fsp3) is 0.553. The highest BCUT2D eigenvalue weighted by molar-refractivity contribution is 6.05. The first-order chi connectivity index (χ1) is 56.2. The number of fused-ring (bicyclic) bond motifs is 1. The number of aromatic nitrogens is 1. The van der Waals surface area contributed by atoms with E-state index in [1.54, 1.807) is 30.5 Å². The summed E-state index contributed by atoms with van der Waals surface area (Å²) in [6.45, 7) is 3.40. The number of nitrogens with one attached hydrogen (secondary N) is 14. The van der Waals surface area contributed by atoms with Gasteiger partial charge in [-0.3, -0.25) is 91.1 Å². The van der Waals surface area contributed by atoms with Gasteiger partial charge in [-0.25, -0.2) is 4.79 Å². The number of aliphatic carboxylic acids is 4. The van der Waals surface area contributed by atoms with E-state index in [0.717, 1.165) is 65.7 Å². The standard InChI is InChI=1S/C76H109N17O26/c1-38(2)19-12-10-8-6-7-9-11-13-25-57(97)85-48(28-42-34-80-46-23-17-15-20-43(42)46)70(112)88-49(30-56(79)96)71(113)90-52(33-63(106)107)72(114)93-65-41(5)119-76(118)53(29-55(95)44-21-14-16-22-45(44)78)91-75(117)64(39(3)27-60(100)101)92-73(115)54(37-94)86-59(99)35-81-67(109)50(31-61(102)103)87-66(108)40(4)83-69(111)51(32-62(104)105)89-68(110)47(24-18-26-77)84-58(98)36-82-74(65)116/h14-17,20-23,34,38-41,47-54,64-65,80,94H,6-13,18-19,24-33,35-37,77-78H2,1-5H3,(H2,79,96)(H,81,109)(H,82,116)(H,83,111)(H,84,98)(H,85,97)(H,86,99)(H,87,108)(H,88,112)(H,89,110)(H,90,113)(H,91,117)(H,92,115)(H,93,114)(H,100,101)(H,102,103)(H,104,105)(H,106,107)/t39-,40+,41+,47-,48-,49-,50-,51+,52-,53-,54+,64-,65-/m0/s1. The monoisotopic (exact) mass is 1680 g/mol. The lowest BCUT2D eigenvalue weighted by molar-refractivity contribution is -0.156. The Labute approximate surface area is 682 Å². The number of carbonyl (C=O) groups is 20. The molecule has 25 N–H and O–H groups in total. The van der Waals surface area contributed by atoms with E-state index in [1.807, 2.05) is 16.0 Å². The minimum Gasteiger partial charge on any atom is -0.481 e. The molecule has 119 heavy (non-hydrogen) atoms. The summed E-state index contributed by atoms with van der Waals surface area (Å²) in [5.74, 6) is -29.1. The number of esters is 1. The number of ketones is 1. The Morgan fingerprint density at radius 3 is 1.65 bits per heavy atom. The number of amides is 14. The van der Waals surface area contributed by atoms with Crippen LogP contribution >= 0.6 is 0 Å². The molecule has 1 saturated heterocycles. The maximum absolute atomic E-state index is 14.9. The molecule has 13 atom stereocenters. The lowest BCUT2D eigenvalue weighted by atomic mass is 9.96. The van der Waals surface area contributed by atoms with Gasteiger partial charge < -0.3 is 122 Å². The summed E-state index contributed by atoms with van der Waals surface area (Å²) < 4.78 is 5.69. The summed E-state index contributed by atoms with van der Waals surface area (Å²) in [6, 6.07) is -10.5. The van der Waals surface area contributed by atoms with Crippen molar-refractivity contribution in [1.82, 2.24) is 74.1 Å². The number of aliphatic hydroxyl groups excluding tert-OH is 1. The Balaban J connectivity index is 1.85. The van der Waals surface area contributed by atoms with E-state index in [1.165, 1.54) is 24.3 Å². The fourth-order valence-corrected chi connectivity index (χ4v) is 12.4. The Hall–Kier alpha value is -12.7. The van der Waals surface area contributed by atoms with Crippen LogP contribution in [-0.4, -0.2) is 248 Å². The molecular weight excluding hydrogens is 1570 g/mol. The molecule has 1 fully saturated rings. The number of unbranched alkanes of at least 4 members (excludes halogenated alkanes) is 7. The highest BCUT2D eigenvalue weighted by Crippen LogP contribution is 2.22. The van der Waals surface area contributed by atoms with Crippen molar-refractivity contribution in [2.24, 2.45) is 23.3 Å². The van der Waals surface area contributed by atoms with Crippen LogP contribution in [0.2, 0.25) is 0 Å². The van der Waals surface area contributed by atoms with Gasteiger partial charge in [-0.15, -0.1) is 0 Å². The van der Waals surface area contributed by atoms with Crippen molar-refractivity contribution in [2.45, 2.75) is 229 Å². The van der Waals surface area contributed by atoms with Crippen molar-refractivity contribution in [3.05, 3.63) is 65.9 Å². The van der Waals surface area contributed by atoms with Crippen LogP contribution in [0.5, 0.6) is 0 Å². The van der Waals surface area contributed by atoms with Gasteiger partial charge in [0.2, 0.25) is 82.7 Å². The Morgan fingerprint density at radius 1 is 0.529 bits per heavy atom. The number of aromatic amines is 1. The molecule has 43 heteroatoms. The number of cyclic esters (lactones) is 1. The smallest absolute Gasteiger partial charge is 0.329 e. The number of H-pyrrole nitrogens is 1. The summed E-state index contributed by atoms with van der Waals surface area (Å²) in [6.07, 6.45) is 0.115. The van der Waals surface area contributed by atoms with E-state index in [4.69, 9.17) is 21.9 Å². The summed E-state index contributed by atoms with van der Waals surface area (Å²) in [5, 5.41) is 78.8. The molecule has 1 aromatic heterocycles. The van der Waals surface area contributed by atoms with Gasteiger partial charge in [0.25, 0.3) is 0 Å². The number of anilines is 1. The van der Waals surface area contributed by atoms with Crippen molar-refractivity contribution < 1.29 is 126 Å². The molecule has 43 nitrogen and oxygen atoms in total. The Kier molecular flexibility index (Phi) is 41.5. The Morgan fingerprint density at radius 2 is 1.06 bits per heavy atom. The zero-order valence-electron chi connectivity index (χ0n) is 66.6. The molecule has 4 rings (SSSR count). The van der Waals surface area contributed by atoms with Crippen LogP contribution in [-0.2, 0) is 102 Å². The predicted octanol–water partition coefficient (Wildman–Crippen LogP) is -4.21. The number of benzene rings is 2. The summed E-state index contributed by atoms with van der Waals surface area (Å²) in [4.78, 5) is 277. The van der Waals surface area contributed by atoms with Crippen LogP contribution in [0.15, 0.2) is 54.7 Å². The van der Waals surface area contributed by atoms with Crippen LogP contribution in [0.25, 0.3) is 10.9 Å². The van der Waals surface area contributed by atoms with Crippen LogP contribution in [0, 0.1) is 11.8 Å². The number of carbonyl (C=O) groups excluding carboxylic acids is 16. The maximum Gasteiger partial charge on any atom is 0.329 e. The van der Waals surface area contributed by atoms with Crippen LogP contribution in [0.3, 0.4) is 0 Å². The molecule has 0 spiro atoms. The van der Waals surface area contributed by atoms with Crippen LogP contribution in [0.4, 0.5) is 5.69 Å². The third-order valence-corrected chi connectivity index (χ3v) is 18.8. The van der Waals surface area contributed by atoms with E-state index in [0.29, 0.717) is 35.2 Å². The molecule has 1 aliphatic heterocycles. The van der Waals surface area contributed by atoms with E-state index in [2.05, 4.69) is 72.0 Å². The quantitative estimate of drug-likeness (QED) is 0.0112. The first kappa shape index (κ1) is 98.7. The molecule has 2 aromatic carbocycles. The number of hydrogen-bond acceptors (Lipinski definition) is 24. The molecule has 0 radical (unpaired) electrons. The van der Waals surface area contributed by atoms with Crippen molar-refractivity contribution >= 4 is 135 Å². The second-order valence-corrected chi connectivity index (χ2v) is 29.1. The van der Waals surface area contributed by atoms with E-state index in [9.17, 15) is 121 Å². The molecular formula is C76H109N17O26. The number of Topliss-reactive ketones (excluding diaryl/α,β-unsaturated/α-hetero) is 1. The lowest BCUT2D eigenvalue weighted by Crippen LogP contribution is -2.62. The van der Waals surface area contributed by atoms with Gasteiger partial charge in [0.1, 0.15) is 72.6 Å². The third-order valence-electron chi connectivity index (χ3n) is 18.8. The van der Waals surface area contributed by atoms with Crippen LogP contribution < -0.4 is 86.3 Å². The second-order valence-electron chi connectivity index (χ2n) is 29.1. The largest absolute Gasteiger partial charge is 0.481 e. The molecule has 0 aliphatic carbocycles. The average Bonchev–Trinajstić information content (AvgIpc) is 1.58. The highest BCUT2D eigenvalue weighted by atomic mass is 16.5. The van der Waals surface area contributed by atoms with Crippen LogP contribution in [0.1, 0.15) is 166 Å². The van der Waals surface area contributed by atoms with Gasteiger partial charge in [-0.2, -0.15) is 0 Å². The molecule has 3 aromatic rings. The minimum absolute atomic E-state index is 0.0180. The highest BCUT2D eigenvalue weighted by Gasteiger charge is 2.41. The number of nitrogen functional groups attached to an aromatic ring is 1. The number of carboxylic acid groups (broad SMARTS) is 4. The van der Waals surface area contributed by atoms with E-state index < -0.39 is 261 Å². The van der Waals surface area contributed by atoms with Crippen molar-refractivity contribution in [1.29, 1.82) is 0 Å². The summed E-state index contributed by atoms with van der Waals surface area (Å²) in [7, 11) is 0. The second kappa shape index (κ2) is 50.0. The van der Waals surface area contributed by atoms with Gasteiger partial charge in [0.05, 0.1) is 51.8 Å². The first-order valence-electron chi connectivity index (χ1n) is 38.7. The first-order valence-corrected chi connectivity index (χ1v) is 38.7. The molecule has 0 saturated carbocycles. The number of carboxylic acids is 4. The predicted molar refractivity (Wildman–Crippen MR) is 419 cm³/mol. The number of para-hydroxylation sites is 2. The number of ether oxygens (including phenoxy) is 1. The summed E-state index contributed by atoms with van der Waals surface area (Å²) >= 11 is 0. The fourth-order valence-electron chi connectivity index (χ4n) is 12.4. The number of nitrogens with two attached hydrogens (primary N) is 3. The zero-order valence-corrected chi connectivity index (χ0v) is 66.6. The van der Waals surface area contributed by atoms with Crippen molar-refractivity contribution in [3.63, 3.8) is 0 Å². The van der Waals surface area contributed by atoms with Crippen molar-refractivity contribution in [3.8, 4) is 0 Å². The molecule has 0 unspecified atom stereocenters. The molecule has 1 aliphatic rings. The van der Waals surface area contributed by atoms with E-state index in [-0.39, 0.29) is 37.1 Å². The van der Waals surface area contributed by atoms with Gasteiger partial charge in [-0.1, -0.05) is 102 Å². The van der Waals surface area contributed by atoms with Gasteiger partial charge >= 0.3 is 29.8 Å². The normalized spacial score (nSPS) is 20.9. The van der Waals surface area contributed by atoms with E-state index >= 15 is 0 Å². The molecule has 14 amide bonds. The molecule has 2 heterocycles. The minimum atomic E-state index is -2.45. The lowest BCUT2D eigenvalue weighted by Gasteiger charge is -2.30. The van der Waals surface area contributed by atoms with Gasteiger partial charge in [0, 0.05) is 47.6 Å². The number of rotatable bonds is 38.